The first kappa shape index (κ1) is 11.8. The summed E-state index contributed by atoms with van der Waals surface area (Å²) in [6.45, 7) is 0. The van der Waals surface area contributed by atoms with E-state index in [0.29, 0.717) is 11.8 Å². The first-order valence-corrected chi connectivity index (χ1v) is 7.15. The van der Waals surface area contributed by atoms with Crippen LogP contribution in [0.4, 0.5) is 5.69 Å². The third kappa shape index (κ3) is 1.84. The van der Waals surface area contributed by atoms with Crippen molar-refractivity contribution < 1.29 is 4.79 Å². The SMILES string of the molecule is CN1C(=O)C2CCCCCCC2c2ccccc21. The van der Waals surface area contributed by atoms with Crippen molar-refractivity contribution in [2.24, 2.45) is 5.92 Å². The highest BCUT2D eigenvalue weighted by Gasteiger charge is 2.38. The first-order valence-electron chi connectivity index (χ1n) is 7.15. The van der Waals surface area contributed by atoms with Gasteiger partial charge in [-0.2, -0.15) is 0 Å². The smallest absolute Gasteiger partial charge is 0.230 e. The van der Waals surface area contributed by atoms with E-state index in [-0.39, 0.29) is 5.92 Å². The Hall–Kier alpha value is -1.31. The standard InChI is InChI=1S/C16H21NO/c1-17-15-11-7-6-9-13(15)12-8-4-2-3-5-10-14(12)16(17)18/h6-7,9,11-12,14H,2-5,8,10H2,1H3. The van der Waals surface area contributed by atoms with Crippen LogP contribution in [-0.4, -0.2) is 13.0 Å². The summed E-state index contributed by atoms with van der Waals surface area (Å²) in [4.78, 5) is 14.4. The monoisotopic (exact) mass is 243 g/mol. The van der Waals surface area contributed by atoms with Crippen molar-refractivity contribution in [1.29, 1.82) is 0 Å². The third-order valence-electron chi connectivity index (χ3n) is 4.61. The van der Waals surface area contributed by atoms with Gasteiger partial charge in [0.1, 0.15) is 0 Å². The second-order valence-corrected chi connectivity index (χ2v) is 5.66. The van der Waals surface area contributed by atoms with Gasteiger partial charge in [0.15, 0.2) is 0 Å². The number of benzene rings is 1. The molecule has 1 aromatic carbocycles. The summed E-state index contributed by atoms with van der Waals surface area (Å²) in [6, 6.07) is 8.45. The Balaban J connectivity index is 2.03. The van der Waals surface area contributed by atoms with Gasteiger partial charge in [0, 0.05) is 18.7 Å². The van der Waals surface area contributed by atoms with E-state index in [1.807, 2.05) is 18.0 Å². The van der Waals surface area contributed by atoms with E-state index in [9.17, 15) is 4.79 Å². The van der Waals surface area contributed by atoms with Gasteiger partial charge >= 0.3 is 0 Å². The van der Waals surface area contributed by atoms with Crippen molar-refractivity contribution in [3.63, 3.8) is 0 Å². The maximum Gasteiger partial charge on any atom is 0.230 e. The van der Waals surface area contributed by atoms with Gasteiger partial charge in [0.25, 0.3) is 0 Å². The van der Waals surface area contributed by atoms with E-state index in [4.69, 9.17) is 0 Å². The van der Waals surface area contributed by atoms with E-state index >= 15 is 0 Å². The maximum absolute atomic E-state index is 12.5. The Labute approximate surface area is 109 Å². The molecule has 1 aromatic rings. The highest BCUT2D eigenvalue weighted by atomic mass is 16.2. The Morgan fingerprint density at radius 3 is 2.44 bits per heavy atom. The lowest BCUT2D eigenvalue weighted by Gasteiger charge is -2.39. The van der Waals surface area contributed by atoms with Crippen LogP contribution in [0.2, 0.25) is 0 Å². The van der Waals surface area contributed by atoms with Crippen molar-refractivity contribution in [2.75, 3.05) is 11.9 Å². The minimum absolute atomic E-state index is 0.227. The Morgan fingerprint density at radius 1 is 1.00 bits per heavy atom. The van der Waals surface area contributed by atoms with Crippen LogP contribution < -0.4 is 4.90 Å². The molecule has 18 heavy (non-hydrogen) atoms. The molecule has 2 nitrogen and oxygen atoms in total. The quantitative estimate of drug-likeness (QED) is 0.680. The predicted octanol–water partition coefficient (Wildman–Crippen LogP) is 3.72. The molecule has 2 heteroatoms. The van der Waals surface area contributed by atoms with Crippen molar-refractivity contribution in [3.05, 3.63) is 29.8 Å². The van der Waals surface area contributed by atoms with Crippen LogP contribution in [0.25, 0.3) is 0 Å². The predicted molar refractivity (Wildman–Crippen MR) is 73.8 cm³/mol. The largest absolute Gasteiger partial charge is 0.315 e. The Bertz CT molecular complexity index is 454. The van der Waals surface area contributed by atoms with Gasteiger partial charge in [0.05, 0.1) is 0 Å². The molecule has 2 aliphatic rings. The average Bonchev–Trinajstić information content (AvgIpc) is 2.36. The molecule has 1 aliphatic heterocycles. The molecule has 0 bridgehead atoms. The number of anilines is 1. The lowest BCUT2D eigenvalue weighted by atomic mass is 9.74. The number of nitrogens with zero attached hydrogens (tertiary/aromatic N) is 1. The number of carbonyl (C=O) groups excluding carboxylic acids is 1. The van der Waals surface area contributed by atoms with Gasteiger partial charge in [-0.05, 0) is 30.4 Å². The van der Waals surface area contributed by atoms with E-state index in [2.05, 4.69) is 18.2 Å². The summed E-state index contributed by atoms with van der Waals surface area (Å²) in [7, 11) is 1.93. The van der Waals surface area contributed by atoms with Crippen LogP contribution in [0.1, 0.15) is 50.0 Å². The van der Waals surface area contributed by atoms with E-state index in [1.54, 1.807) is 0 Å². The molecule has 1 saturated carbocycles. The number of hydrogen-bond donors (Lipinski definition) is 0. The zero-order valence-corrected chi connectivity index (χ0v) is 11.1. The lowest BCUT2D eigenvalue weighted by Crippen LogP contribution is -2.41. The molecule has 3 rings (SSSR count). The van der Waals surface area contributed by atoms with Crippen LogP contribution in [0.5, 0.6) is 0 Å². The highest BCUT2D eigenvalue weighted by molar-refractivity contribution is 5.98. The summed E-state index contributed by atoms with van der Waals surface area (Å²) in [6.07, 6.45) is 7.36. The summed E-state index contributed by atoms with van der Waals surface area (Å²) >= 11 is 0. The van der Waals surface area contributed by atoms with Crippen LogP contribution in [0.15, 0.2) is 24.3 Å². The van der Waals surface area contributed by atoms with Crippen LogP contribution >= 0.6 is 0 Å². The number of amides is 1. The number of hydrogen-bond acceptors (Lipinski definition) is 1. The molecule has 1 amide bonds. The lowest BCUT2D eigenvalue weighted by molar-refractivity contribution is -0.123. The number of fused-ring (bicyclic) bond motifs is 3. The van der Waals surface area contributed by atoms with Crippen LogP contribution in [-0.2, 0) is 4.79 Å². The molecule has 2 unspecified atom stereocenters. The molecular formula is C16H21NO. The zero-order valence-electron chi connectivity index (χ0n) is 11.1. The molecule has 1 fully saturated rings. The van der Waals surface area contributed by atoms with E-state index < -0.39 is 0 Å². The Kier molecular flexibility index (Phi) is 3.11. The highest BCUT2D eigenvalue weighted by Crippen LogP contribution is 2.44. The average molecular weight is 243 g/mol. The van der Waals surface area contributed by atoms with Crippen LogP contribution in [0.3, 0.4) is 0 Å². The number of rotatable bonds is 0. The van der Waals surface area contributed by atoms with Crippen LogP contribution in [0, 0.1) is 5.92 Å². The fourth-order valence-electron chi connectivity index (χ4n) is 3.63. The molecule has 0 aromatic heterocycles. The second kappa shape index (κ2) is 4.75. The summed E-state index contributed by atoms with van der Waals surface area (Å²) in [5, 5.41) is 0. The maximum atomic E-state index is 12.5. The fraction of sp³-hybridized carbons (Fsp3) is 0.562. The van der Waals surface area contributed by atoms with Crippen molar-refractivity contribution >= 4 is 11.6 Å². The fourth-order valence-corrected chi connectivity index (χ4v) is 3.63. The molecule has 0 saturated heterocycles. The number of carbonyl (C=O) groups is 1. The van der Waals surface area contributed by atoms with Gasteiger partial charge in [-0.25, -0.2) is 0 Å². The summed E-state index contributed by atoms with van der Waals surface area (Å²) in [5.74, 6) is 1.02. The topological polar surface area (TPSA) is 20.3 Å². The molecule has 0 radical (unpaired) electrons. The van der Waals surface area contributed by atoms with Gasteiger partial charge in [-0.1, -0.05) is 43.9 Å². The van der Waals surface area contributed by atoms with Crippen molar-refractivity contribution in [2.45, 2.75) is 44.4 Å². The number of para-hydroxylation sites is 1. The molecule has 2 atom stereocenters. The zero-order chi connectivity index (χ0) is 12.5. The second-order valence-electron chi connectivity index (χ2n) is 5.66. The molecule has 96 valence electrons. The summed E-state index contributed by atoms with van der Waals surface area (Å²) in [5.41, 5.74) is 2.52. The molecule has 1 heterocycles. The molecule has 0 spiro atoms. The molecular weight excluding hydrogens is 222 g/mol. The van der Waals surface area contributed by atoms with Gasteiger partial charge < -0.3 is 4.90 Å². The summed E-state index contributed by atoms with van der Waals surface area (Å²) < 4.78 is 0. The normalized spacial score (nSPS) is 28.1. The minimum Gasteiger partial charge on any atom is -0.315 e. The van der Waals surface area contributed by atoms with Gasteiger partial charge in [-0.3, -0.25) is 4.79 Å². The van der Waals surface area contributed by atoms with Crippen molar-refractivity contribution in [1.82, 2.24) is 0 Å². The molecule has 1 aliphatic carbocycles. The van der Waals surface area contributed by atoms with Crippen molar-refractivity contribution in [3.8, 4) is 0 Å². The Morgan fingerprint density at radius 2 is 1.67 bits per heavy atom. The molecule has 0 N–H and O–H groups in total. The minimum atomic E-state index is 0.227. The first-order chi connectivity index (χ1) is 8.79. The third-order valence-corrected chi connectivity index (χ3v) is 4.61. The van der Waals surface area contributed by atoms with Gasteiger partial charge in [-0.15, -0.1) is 0 Å². The van der Waals surface area contributed by atoms with E-state index in [0.717, 1.165) is 12.1 Å². The van der Waals surface area contributed by atoms with Gasteiger partial charge in [0.2, 0.25) is 5.91 Å². The van der Waals surface area contributed by atoms with E-state index in [1.165, 1.54) is 37.7 Å².